The third kappa shape index (κ3) is 1.52. The van der Waals surface area contributed by atoms with Gasteiger partial charge >= 0.3 is 0 Å². The van der Waals surface area contributed by atoms with E-state index in [4.69, 9.17) is 0 Å². The monoisotopic (exact) mass is 245 g/mol. The van der Waals surface area contributed by atoms with Gasteiger partial charge in [0, 0.05) is 19.8 Å². The van der Waals surface area contributed by atoms with Gasteiger partial charge in [-0.15, -0.1) is 0 Å². The van der Waals surface area contributed by atoms with Gasteiger partial charge in [0.05, 0.1) is 5.56 Å². The number of para-hydroxylation sites is 1. The fourth-order valence-corrected chi connectivity index (χ4v) is 3.25. The van der Waals surface area contributed by atoms with Crippen molar-refractivity contribution in [3.05, 3.63) is 29.8 Å². The second-order valence-electron chi connectivity index (χ2n) is 5.37. The number of carbonyl (C=O) groups is 1. The van der Waals surface area contributed by atoms with Gasteiger partial charge in [-0.3, -0.25) is 4.79 Å². The van der Waals surface area contributed by atoms with Crippen LogP contribution in [0.4, 0.5) is 5.69 Å². The largest absolute Gasteiger partial charge is 0.361 e. The first-order valence-corrected chi connectivity index (χ1v) is 6.53. The van der Waals surface area contributed by atoms with Crippen LogP contribution in [-0.2, 0) is 0 Å². The van der Waals surface area contributed by atoms with Crippen molar-refractivity contribution in [3.63, 3.8) is 0 Å². The highest BCUT2D eigenvalue weighted by Crippen LogP contribution is 2.41. The molecule has 3 rings (SSSR count). The number of amides is 1. The van der Waals surface area contributed by atoms with E-state index in [-0.39, 0.29) is 11.6 Å². The van der Waals surface area contributed by atoms with E-state index in [2.05, 4.69) is 5.32 Å². The number of carbonyl (C=O) groups excluding carboxylic acids is 1. The molecule has 4 nitrogen and oxygen atoms in total. The highest BCUT2D eigenvalue weighted by molar-refractivity contribution is 6.01. The third-order valence-corrected chi connectivity index (χ3v) is 3.95. The highest BCUT2D eigenvalue weighted by Gasteiger charge is 2.47. The predicted molar refractivity (Wildman–Crippen MR) is 71.1 cm³/mol. The molecule has 1 spiro atoms. The van der Waals surface area contributed by atoms with Crippen LogP contribution in [0.1, 0.15) is 36.0 Å². The summed E-state index contributed by atoms with van der Waals surface area (Å²) in [4.78, 5) is 12.7. The lowest BCUT2D eigenvalue weighted by Gasteiger charge is -2.48. The van der Waals surface area contributed by atoms with Crippen molar-refractivity contribution < 1.29 is 4.79 Å². The first kappa shape index (κ1) is 11.5. The molecule has 96 valence electrons. The molecule has 2 aliphatic rings. The number of hydrazine groups is 1. The number of nitrogens with zero attached hydrogens (tertiary/aromatic N) is 2. The zero-order valence-corrected chi connectivity index (χ0v) is 10.9. The number of hydrogen-bond donors (Lipinski definition) is 1. The van der Waals surface area contributed by atoms with Crippen molar-refractivity contribution in [1.82, 2.24) is 10.0 Å². The average molecular weight is 245 g/mol. The normalized spacial score (nSPS) is 21.3. The highest BCUT2D eigenvalue weighted by atomic mass is 16.2. The predicted octanol–water partition coefficient (Wildman–Crippen LogP) is 2.30. The quantitative estimate of drug-likeness (QED) is 0.824. The number of nitrogens with one attached hydrogen (secondary N) is 1. The Balaban J connectivity index is 2.10. The van der Waals surface area contributed by atoms with Crippen LogP contribution in [0.15, 0.2) is 24.3 Å². The van der Waals surface area contributed by atoms with Crippen molar-refractivity contribution in [2.45, 2.75) is 31.3 Å². The summed E-state index contributed by atoms with van der Waals surface area (Å²) in [5.74, 6) is 0.108. The van der Waals surface area contributed by atoms with Crippen molar-refractivity contribution in [3.8, 4) is 0 Å². The van der Waals surface area contributed by atoms with E-state index < -0.39 is 0 Å². The van der Waals surface area contributed by atoms with Gasteiger partial charge in [-0.1, -0.05) is 12.1 Å². The maximum absolute atomic E-state index is 12.7. The van der Waals surface area contributed by atoms with Crippen LogP contribution in [0.5, 0.6) is 0 Å². The van der Waals surface area contributed by atoms with Gasteiger partial charge < -0.3 is 5.32 Å². The van der Waals surface area contributed by atoms with Crippen LogP contribution in [0.2, 0.25) is 0 Å². The lowest BCUT2D eigenvalue weighted by molar-refractivity contribution is -0.0394. The van der Waals surface area contributed by atoms with E-state index in [1.165, 1.54) is 12.8 Å². The lowest BCUT2D eigenvalue weighted by Crippen LogP contribution is -2.63. The number of hydrogen-bond acceptors (Lipinski definition) is 3. The molecule has 4 heteroatoms. The number of benzene rings is 1. The number of fused-ring (bicyclic) bond motifs is 1. The minimum absolute atomic E-state index is 0.108. The standard InChI is InChI=1S/C14H19N3O/c1-16(2)17-13(18)11-7-3-4-8-12(11)15-14(17)9-5-6-10-14/h3-4,7-8,15H,5-6,9-10H2,1-2H3. The summed E-state index contributed by atoms with van der Waals surface area (Å²) in [7, 11) is 3.88. The maximum atomic E-state index is 12.7. The summed E-state index contributed by atoms with van der Waals surface area (Å²) < 4.78 is 0. The van der Waals surface area contributed by atoms with E-state index in [1.807, 2.05) is 48.4 Å². The molecule has 1 N–H and O–H groups in total. The SMILES string of the molecule is CN(C)N1C(=O)c2ccccc2NC12CCCC2. The molecular weight excluding hydrogens is 226 g/mol. The summed E-state index contributed by atoms with van der Waals surface area (Å²) >= 11 is 0. The van der Waals surface area contributed by atoms with Crippen LogP contribution >= 0.6 is 0 Å². The smallest absolute Gasteiger partial charge is 0.272 e. The van der Waals surface area contributed by atoms with Gasteiger partial charge in [0.1, 0.15) is 5.66 Å². The second kappa shape index (κ2) is 3.99. The zero-order chi connectivity index (χ0) is 12.8. The maximum Gasteiger partial charge on any atom is 0.272 e. The Morgan fingerprint density at radius 3 is 2.56 bits per heavy atom. The topological polar surface area (TPSA) is 35.6 Å². The first-order chi connectivity index (χ1) is 8.64. The molecule has 0 aromatic heterocycles. The van der Waals surface area contributed by atoms with Crippen molar-refractivity contribution >= 4 is 11.6 Å². The van der Waals surface area contributed by atoms with E-state index >= 15 is 0 Å². The fraction of sp³-hybridized carbons (Fsp3) is 0.500. The van der Waals surface area contributed by atoms with Gasteiger partial charge in [0.2, 0.25) is 0 Å². The van der Waals surface area contributed by atoms with Crippen LogP contribution in [0, 0.1) is 0 Å². The first-order valence-electron chi connectivity index (χ1n) is 6.53. The van der Waals surface area contributed by atoms with Crippen molar-refractivity contribution in [2.75, 3.05) is 19.4 Å². The fourth-order valence-electron chi connectivity index (χ4n) is 3.25. The Morgan fingerprint density at radius 1 is 1.22 bits per heavy atom. The minimum atomic E-state index is -0.213. The molecule has 1 heterocycles. The van der Waals surface area contributed by atoms with Gasteiger partial charge in [-0.25, -0.2) is 10.0 Å². The van der Waals surface area contributed by atoms with Crippen molar-refractivity contribution in [1.29, 1.82) is 0 Å². The van der Waals surface area contributed by atoms with Crippen LogP contribution < -0.4 is 5.32 Å². The molecule has 18 heavy (non-hydrogen) atoms. The summed E-state index contributed by atoms with van der Waals surface area (Å²) in [6, 6.07) is 7.79. The molecule has 1 saturated carbocycles. The zero-order valence-electron chi connectivity index (χ0n) is 10.9. The van der Waals surface area contributed by atoms with E-state index in [0.29, 0.717) is 0 Å². The molecule has 1 aliphatic carbocycles. The Labute approximate surface area is 108 Å². The molecule has 1 aliphatic heterocycles. The molecule has 0 bridgehead atoms. The Kier molecular flexibility index (Phi) is 2.55. The Morgan fingerprint density at radius 2 is 1.89 bits per heavy atom. The Bertz CT molecular complexity index is 478. The molecular formula is C14H19N3O. The van der Waals surface area contributed by atoms with Crippen LogP contribution in [-0.4, -0.2) is 35.7 Å². The third-order valence-electron chi connectivity index (χ3n) is 3.95. The molecule has 0 saturated heterocycles. The summed E-state index contributed by atoms with van der Waals surface area (Å²) in [5, 5.41) is 7.40. The molecule has 0 atom stereocenters. The number of rotatable bonds is 1. The summed E-state index contributed by atoms with van der Waals surface area (Å²) in [5.41, 5.74) is 1.53. The molecule has 1 aromatic rings. The van der Waals surface area contributed by atoms with Crippen LogP contribution in [0.25, 0.3) is 0 Å². The van der Waals surface area contributed by atoms with E-state index in [9.17, 15) is 4.79 Å². The van der Waals surface area contributed by atoms with Crippen LogP contribution in [0.3, 0.4) is 0 Å². The summed E-state index contributed by atoms with van der Waals surface area (Å²) in [6.07, 6.45) is 4.39. The number of anilines is 1. The Hall–Kier alpha value is -1.55. The summed E-state index contributed by atoms with van der Waals surface area (Å²) in [6.45, 7) is 0. The second-order valence-corrected chi connectivity index (χ2v) is 5.37. The van der Waals surface area contributed by atoms with E-state index in [1.54, 1.807) is 0 Å². The van der Waals surface area contributed by atoms with Gasteiger partial charge in [-0.05, 0) is 37.8 Å². The van der Waals surface area contributed by atoms with Gasteiger partial charge in [-0.2, -0.15) is 0 Å². The molecule has 1 aromatic carbocycles. The van der Waals surface area contributed by atoms with E-state index in [0.717, 1.165) is 24.1 Å². The van der Waals surface area contributed by atoms with Gasteiger partial charge in [0.25, 0.3) is 5.91 Å². The molecule has 0 radical (unpaired) electrons. The van der Waals surface area contributed by atoms with Gasteiger partial charge in [0.15, 0.2) is 0 Å². The van der Waals surface area contributed by atoms with Crippen molar-refractivity contribution in [2.24, 2.45) is 0 Å². The minimum Gasteiger partial charge on any atom is -0.361 e. The lowest BCUT2D eigenvalue weighted by atomic mass is 9.99. The molecule has 0 unspecified atom stereocenters. The molecule has 1 fully saturated rings. The average Bonchev–Trinajstić information content (AvgIpc) is 2.77. The molecule has 1 amide bonds.